The number of rotatable bonds is 6. The molecule has 30 heavy (non-hydrogen) atoms. The van der Waals surface area contributed by atoms with Crippen molar-refractivity contribution in [1.82, 2.24) is 19.5 Å². The van der Waals surface area contributed by atoms with Crippen LogP contribution in [0.15, 0.2) is 35.7 Å². The van der Waals surface area contributed by atoms with E-state index in [0.717, 1.165) is 11.3 Å². The van der Waals surface area contributed by atoms with Crippen LogP contribution in [-0.4, -0.2) is 73.1 Å². The molecule has 1 aliphatic heterocycles. The maximum atomic E-state index is 10.4. The first-order valence-electron chi connectivity index (χ1n) is 9.07. The summed E-state index contributed by atoms with van der Waals surface area (Å²) in [5.74, 6) is 1.02. The van der Waals surface area contributed by atoms with Gasteiger partial charge in [0.05, 0.1) is 19.9 Å². The smallest absolute Gasteiger partial charge is 0.228 e. The standard InChI is InChI=1S/C18H21N7O5/c1-29-10-4-2-9(3-5-10)6-22-24-18-23-12-15(19)20-8-21-16(12)25(18)17-14(28)13(27)11(7-26)30-17/h2-6,8,11,13-14,17,26-28H,7H2,1H3,(H,23,24)(H2,19,20,21)/t11-,13+,14-,17+/m0/s1. The fourth-order valence-electron chi connectivity index (χ4n) is 3.19. The minimum absolute atomic E-state index is 0.132. The Labute approximate surface area is 170 Å². The van der Waals surface area contributed by atoms with Crippen molar-refractivity contribution in [3.63, 3.8) is 0 Å². The van der Waals surface area contributed by atoms with Crippen molar-refractivity contribution in [1.29, 1.82) is 0 Å². The number of imidazole rings is 1. The van der Waals surface area contributed by atoms with Gasteiger partial charge >= 0.3 is 0 Å². The molecule has 2 aromatic heterocycles. The molecule has 3 heterocycles. The van der Waals surface area contributed by atoms with Gasteiger partial charge in [-0.15, -0.1) is 0 Å². The number of ether oxygens (including phenoxy) is 2. The van der Waals surface area contributed by atoms with E-state index in [0.29, 0.717) is 0 Å². The van der Waals surface area contributed by atoms with Crippen molar-refractivity contribution >= 4 is 29.1 Å². The summed E-state index contributed by atoms with van der Waals surface area (Å²) >= 11 is 0. The molecule has 1 saturated heterocycles. The number of methoxy groups -OCH3 is 1. The van der Waals surface area contributed by atoms with Gasteiger partial charge in [-0.3, -0.25) is 4.57 Å². The summed E-state index contributed by atoms with van der Waals surface area (Å²) in [7, 11) is 1.58. The zero-order valence-corrected chi connectivity index (χ0v) is 16.0. The number of hydrazone groups is 1. The van der Waals surface area contributed by atoms with Gasteiger partial charge in [0.15, 0.2) is 23.2 Å². The molecule has 3 aromatic rings. The van der Waals surface area contributed by atoms with Gasteiger partial charge in [0.2, 0.25) is 5.95 Å². The molecular weight excluding hydrogens is 394 g/mol. The normalized spacial score (nSPS) is 24.0. The van der Waals surface area contributed by atoms with Crippen LogP contribution in [0.2, 0.25) is 0 Å². The maximum absolute atomic E-state index is 10.4. The summed E-state index contributed by atoms with van der Waals surface area (Å²) < 4.78 is 12.2. The predicted molar refractivity (Wildman–Crippen MR) is 107 cm³/mol. The van der Waals surface area contributed by atoms with Crippen LogP contribution in [0.3, 0.4) is 0 Å². The van der Waals surface area contributed by atoms with Crippen molar-refractivity contribution in [3.8, 4) is 5.75 Å². The lowest BCUT2D eigenvalue weighted by molar-refractivity contribution is -0.0501. The van der Waals surface area contributed by atoms with Gasteiger partial charge in [0, 0.05) is 0 Å². The first-order chi connectivity index (χ1) is 14.5. The molecule has 1 aliphatic rings. The predicted octanol–water partition coefficient (Wildman–Crippen LogP) is -0.525. The van der Waals surface area contributed by atoms with Crippen LogP contribution in [0.5, 0.6) is 5.75 Å². The number of aliphatic hydroxyl groups excluding tert-OH is 3. The Morgan fingerprint density at radius 1 is 1.27 bits per heavy atom. The van der Waals surface area contributed by atoms with Gasteiger partial charge in [-0.2, -0.15) is 5.10 Å². The lowest BCUT2D eigenvalue weighted by Gasteiger charge is -2.18. The average molecular weight is 415 g/mol. The van der Waals surface area contributed by atoms with E-state index in [9.17, 15) is 15.3 Å². The van der Waals surface area contributed by atoms with Crippen molar-refractivity contribution < 1.29 is 24.8 Å². The molecule has 0 aliphatic carbocycles. The molecule has 4 atom stereocenters. The van der Waals surface area contributed by atoms with Crippen LogP contribution >= 0.6 is 0 Å². The summed E-state index contributed by atoms with van der Waals surface area (Å²) in [6.45, 7) is -0.461. The van der Waals surface area contributed by atoms with Crippen LogP contribution in [0.25, 0.3) is 11.2 Å². The lowest BCUT2D eigenvalue weighted by atomic mass is 10.1. The average Bonchev–Trinajstić information content (AvgIpc) is 3.26. The van der Waals surface area contributed by atoms with Crippen molar-refractivity contribution in [2.75, 3.05) is 24.9 Å². The maximum Gasteiger partial charge on any atom is 0.228 e. The number of nitrogens with zero attached hydrogens (tertiary/aromatic N) is 5. The summed E-state index contributed by atoms with van der Waals surface area (Å²) in [4.78, 5) is 12.4. The highest BCUT2D eigenvalue weighted by Crippen LogP contribution is 2.35. The van der Waals surface area contributed by atoms with Crippen LogP contribution in [0, 0.1) is 0 Å². The molecule has 1 fully saturated rings. The molecule has 0 amide bonds. The Morgan fingerprint density at radius 2 is 2.03 bits per heavy atom. The number of hydrogen-bond acceptors (Lipinski definition) is 11. The summed E-state index contributed by atoms with van der Waals surface area (Å²) in [6, 6.07) is 7.24. The van der Waals surface area contributed by atoms with E-state index in [4.69, 9.17) is 15.2 Å². The molecule has 4 rings (SSSR count). The topological polar surface area (TPSA) is 173 Å². The molecule has 0 radical (unpaired) electrons. The first kappa shape index (κ1) is 20.0. The second kappa shape index (κ2) is 8.20. The van der Waals surface area contributed by atoms with Crippen molar-refractivity contribution in [3.05, 3.63) is 36.2 Å². The van der Waals surface area contributed by atoms with E-state index in [2.05, 4.69) is 25.5 Å². The zero-order valence-electron chi connectivity index (χ0n) is 16.0. The largest absolute Gasteiger partial charge is 0.497 e. The Balaban J connectivity index is 1.68. The second-order valence-corrected chi connectivity index (χ2v) is 6.61. The fraction of sp³-hybridized carbons (Fsp3) is 0.333. The van der Waals surface area contributed by atoms with Gasteiger partial charge in [0.1, 0.15) is 30.4 Å². The number of benzene rings is 1. The second-order valence-electron chi connectivity index (χ2n) is 6.61. The van der Waals surface area contributed by atoms with E-state index in [1.165, 1.54) is 10.9 Å². The fourth-order valence-corrected chi connectivity index (χ4v) is 3.19. The van der Waals surface area contributed by atoms with Crippen LogP contribution < -0.4 is 15.9 Å². The van der Waals surface area contributed by atoms with Gasteiger partial charge in [0.25, 0.3) is 0 Å². The molecule has 0 unspecified atom stereocenters. The minimum Gasteiger partial charge on any atom is -0.497 e. The monoisotopic (exact) mass is 415 g/mol. The number of hydrogen-bond donors (Lipinski definition) is 5. The minimum atomic E-state index is -1.33. The number of aliphatic hydroxyl groups is 3. The van der Waals surface area contributed by atoms with E-state index >= 15 is 0 Å². The number of fused-ring (bicyclic) bond motifs is 1. The summed E-state index contributed by atoms with van der Waals surface area (Å²) in [6.07, 6.45) is -1.83. The quantitative estimate of drug-likeness (QED) is 0.260. The van der Waals surface area contributed by atoms with Gasteiger partial charge in [-0.1, -0.05) is 0 Å². The van der Waals surface area contributed by atoms with E-state index < -0.39 is 31.1 Å². The molecule has 6 N–H and O–H groups in total. The Morgan fingerprint density at radius 3 is 2.70 bits per heavy atom. The van der Waals surface area contributed by atoms with Gasteiger partial charge < -0.3 is 30.5 Å². The van der Waals surface area contributed by atoms with Crippen molar-refractivity contribution in [2.24, 2.45) is 5.10 Å². The lowest BCUT2D eigenvalue weighted by Crippen LogP contribution is -2.33. The Hall–Kier alpha value is -3.32. The van der Waals surface area contributed by atoms with Crippen LogP contribution in [0.4, 0.5) is 11.8 Å². The molecular formula is C18H21N7O5. The van der Waals surface area contributed by atoms with E-state index in [-0.39, 0.29) is 22.9 Å². The summed E-state index contributed by atoms with van der Waals surface area (Å²) in [5, 5.41) is 34.1. The Bertz CT molecular complexity index is 1060. The first-order valence-corrected chi connectivity index (χ1v) is 9.07. The zero-order chi connectivity index (χ0) is 21.3. The molecule has 158 valence electrons. The highest BCUT2D eigenvalue weighted by molar-refractivity contribution is 5.84. The SMILES string of the molecule is COc1ccc(C=NNc2nc3c(N)ncnc3n2[C@@H]2O[C@@H](CO)[C@@H](O)[C@@H]2O)cc1. The van der Waals surface area contributed by atoms with Crippen molar-refractivity contribution in [2.45, 2.75) is 24.5 Å². The third-order valence-corrected chi connectivity index (χ3v) is 4.77. The number of nitrogens with one attached hydrogen (secondary N) is 1. The Kier molecular flexibility index (Phi) is 5.46. The number of anilines is 2. The number of nitrogens with two attached hydrogens (primary N) is 1. The molecule has 12 nitrogen and oxygen atoms in total. The van der Waals surface area contributed by atoms with Crippen LogP contribution in [0.1, 0.15) is 11.8 Å². The van der Waals surface area contributed by atoms with Crippen LogP contribution in [-0.2, 0) is 4.74 Å². The number of aromatic nitrogens is 4. The third kappa shape index (κ3) is 3.52. The molecule has 0 bridgehead atoms. The number of nitrogen functional groups attached to an aromatic ring is 1. The van der Waals surface area contributed by atoms with Gasteiger partial charge in [-0.05, 0) is 29.8 Å². The highest BCUT2D eigenvalue weighted by Gasteiger charge is 2.45. The summed E-state index contributed by atoms with van der Waals surface area (Å²) in [5.41, 5.74) is 10.0. The van der Waals surface area contributed by atoms with E-state index in [1.54, 1.807) is 25.5 Å². The van der Waals surface area contributed by atoms with Gasteiger partial charge in [-0.25, -0.2) is 20.4 Å². The molecule has 0 spiro atoms. The molecule has 0 saturated carbocycles. The molecule has 1 aromatic carbocycles. The molecule has 12 heteroatoms. The third-order valence-electron chi connectivity index (χ3n) is 4.77. The highest BCUT2D eigenvalue weighted by atomic mass is 16.6. The van der Waals surface area contributed by atoms with E-state index in [1.807, 2.05) is 12.1 Å².